The van der Waals surface area contributed by atoms with Crippen molar-refractivity contribution in [2.24, 2.45) is 10.9 Å². The number of anilines is 1. The fourth-order valence-corrected chi connectivity index (χ4v) is 3.61. The molecule has 0 spiro atoms. The lowest BCUT2D eigenvalue weighted by Gasteiger charge is -2.22. The van der Waals surface area contributed by atoms with Crippen molar-refractivity contribution in [2.45, 2.75) is 46.2 Å². The Balaban J connectivity index is 0.00000300. The van der Waals surface area contributed by atoms with E-state index >= 15 is 0 Å². The van der Waals surface area contributed by atoms with Gasteiger partial charge in [-0.25, -0.2) is 0 Å². The number of hydrogen-bond donors (Lipinski definition) is 2. The van der Waals surface area contributed by atoms with Crippen LogP contribution in [-0.4, -0.2) is 41.9 Å². The minimum Gasteiger partial charge on any atom is -0.372 e. The van der Waals surface area contributed by atoms with Crippen LogP contribution in [0.25, 0.3) is 0 Å². The third-order valence-corrected chi connectivity index (χ3v) is 5.16. The minimum atomic E-state index is 0. The standard InChI is InChI=1S/C22H34N6.HI/c1-4-23-22(24-16-18(2)17-28-14-8-11-25-28)26-19(3)20-9-7-10-21(15-20)27-12-5-6-13-27;/h7-11,14-15,18-19H,4-6,12-13,16-17H2,1-3H3,(H2,23,24,26);1H. The molecule has 0 bridgehead atoms. The molecular formula is C22H35IN6. The summed E-state index contributed by atoms with van der Waals surface area (Å²) in [6, 6.07) is 11.0. The molecule has 2 heterocycles. The lowest BCUT2D eigenvalue weighted by Crippen LogP contribution is -2.39. The fraction of sp³-hybridized carbons (Fsp3) is 0.545. The lowest BCUT2D eigenvalue weighted by molar-refractivity contribution is 0.458. The maximum atomic E-state index is 4.80. The van der Waals surface area contributed by atoms with E-state index in [4.69, 9.17) is 4.99 Å². The Morgan fingerprint density at radius 1 is 1.21 bits per heavy atom. The van der Waals surface area contributed by atoms with Crippen molar-refractivity contribution in [2.75, 3.05) is 31.1 Å². The van der Waals surface area contributed by atoms with Crippen molar-refractivity contribution in [3.63, 3.8) is 0 Å². The summed E-state index contributed by atoms with van der Waals surface area (Å²) in [5, 5.41) is 11.2. The summed E-state index contributed by atoms with van der Waals surface area (Å²) < 4.78 is 1.97. The van der Waals surface area contributed by atoms with Gasteiger partial charge < -0.3 is 15.5 Å². The highest BCUT2D eigenvalue weighted by atomic mass is 127. The molecule has 2 atom stereocenters. The second-order valence-corrected chi connectivity index (χ2v) is 7.71. The topological polar surface area (TPSA) is 57.5 Å². The summed E-state index contributed by atoms with van der Waals surface area (Å²) >= 11 is 0. The summed E-state index contributed by atoms with van der Waals surface area (Å²) in [6.45, 7) is 11.3. The number of guanidine groups is 1. The van der Waals surface area contributed by atoms with Crippen LogP contribution in [0.3, 0.4) is 0 Å². The summed E-state index contributed by atoms with van der Waals surface area (Å²) in [5.41, 5.74) is 2.62. The number of benzene rings is 1. The van der Waals surface area contributed by atoms with Crippen LogP contribution in [0.4, 0.5) is 5.69 Å². The van der Waals surface area contributed by atoms with E-state index < -0.39 is 0 Å². The molecule has 3 rings (SSSR count). The molecular weight excluding hydrogens is 475 g/mol. The molecule has 2 aromatic rings. The van der Waals surface area contributed by atoms with Crippen LogP contribution < -0.4 is 15.5 Å². The second kappa shape index (κ2) is 12.0. The van der Waals surface area contributed by atoms with E-state index in [0.717, 1.165) is 25.6 Å². The second-order valence-electron chi connectivity index (χ2n) is 7.71. The molecule has 1 saturated heterocycles. The molecule has 0 radical (unpaired) electrons. The quantitative estimate of drug-likeness (QED) is 0.320. The summed E-state index contributed by atoms with van der Waals surface area (Å²) in [4.78, 5) is 7.28. The molecule has 1 aromatic heterocycles. The Kier molecular flexibility index (Phi) is 9.76. The van der Waals surface area contributed by atoms with E-state index in [2.05, 4.69) is 65.7 Å². The van der Waals surface area contributed by atoms with Gasteiger partial charge in [-0.3, -0.25) is 9.67 Å². The van der Waals surface area contributed by atoms with Crippen molar-refractivity contribution in [1.82, 2.24) is 20.4 Å². The molecule has 29 heavy (non-hydrogen) atoms. The van der Waals surface area contributed by atoms with Crippen LogP contribution in [-0.2, 0) is 6.54 Å². The van der Waals surface area contributed by atoms with Crippen molar-refractivity contribution < 1.29 is 0 Å². The lowest BCUT2D eigenvalue weighted by atomic mass is 10.1. The SMILES string of the molecule is CCNC(=NCC(C)Cn1cccn1)NC(C)c1cccc(N2CCCC2)c1.I. The highest BCUT2D eigenvalue weighted by Gasteiger charge is 2.14. The van der Waals surface area contributed by atoms with Gasteiger partial charge in [0.05, 0.1) is 6.04 Å². The zero-order valence-electron chi connectivity index (χ0n) is 17.8. The highest BCUT2D eigenvalue weighted by molar-refractivity contribution is 14.0. The Hall–Kier alpha value is -1.77. The number of nitrogens with zero attached hydrogens (tertiary/aromatic N) is 4. The number of halogens is 1. The Morgan fingerprint density at radius 2 is 2.00 bits per heavy atom. The van der Waals surface area contributed by atoms with Crippen molar-refractivity contribution in [1.29, 1.82) is 0 Å². The first-order valence-corrected chi connectivity index (χ1v) is 10.5. The first-order chi connectivity index (χ1) is 13.7. The largest absolute Gasteiger partial charge is 0.372 e. The van der Waals surface area contributed by atoms with Crippen molar-refractivity contribution in [3.05, 3.63) is 48.3 Å². The van der Waals surface area contributed by atoms with Crippen LogP contribution in [0.2, 0.25) is 0 Å². The van der Waals surface area contributed by atoms with Crippen LogP contribution >= 0.6 is 24.0 Å². The molecule has 0 amide bonds. The summed E-state index contributed by atoms with van der Waals surface area (Å²) in [6.07, 6.45) is 6.41. The average molecular weight is 510 g/mol. The van der Waals surface area contributed by atoms with E-state index in [0.29, 0.717) is 5.92 Å². The van der Waals surface area contributed by atoms with Crippen LogP contribution in [0.5, 0.6) is 0 Å². The zero-order chi connectivity index (χ0) is 19.8. The third kappa shape index (κ3) is 7.21. The van der Waals surface area contributed by atoms with E-state index in [1.54, 1.807) is 0 Å². The Labute approximate surface area is 192 Å². The Bertz CT molecular complexity index is 740. The van der Waals surface area contributed by atoms with Crippen molar-refractivity contribution in [3.8, 4) is 0 Å². The van der Waals surface area contributed by atoms with Gasteiger partial charge in [-0.1, -0.05) is 19.1 Å². The van der Waals surface area contributed by atoms with Gasteiger partial charge in [0.2, 0.25) is 0 Å². The number of hydrogen-bond acceptors (Lipinski definition) is 3. The maximum Gasteiger partial charge on any atom is 0.191 e. The Morgan fingerprint density at radius 3 is 2.69 bits per heavy atom. The molecule has 7 heteroatoms. The van der Waals surface area contributed by atoms with E-state index in [-0.39, 0.29) is 30.0 Å². The number of nitrogens with one attached hydrogen (secondary N) is 2. The number of aromatic nitrogens is 2. The van der Waals surface area contributed by atoms with Gasteiger partial charge in [-0.2, -0.15) is 5.10 Å². The normalized spacial score (nSPS) is 16.2. The van der Waals surface area contributed by atoms with Crippen LogP contribution in [0.15, 0.2) is 47.7 Å². The van der Waals surface area contributed by atoms with E-state index in [1.165, 1.54) is 37.2 Å². The van der Waals surface area contributed by atoms with Gasteiger partial charge in [0, 0.05) is 50.8 Å². The highest BCUT2D eigenvalue weighted by Crippen LogP contribution is 2.23. The fourth-order valence-electron chi connectivity index (χ4n) is 3.61. The van der Waals surface area contributed by atoms with E-state index in [9.17, 15) is 0 Å². The van der Waals surface area contributed by atoms with Crippen LogP contribution in [0.1, 0.15) is 45.2 Å². The molecule has 2 unspecified atom stereocenters. The smallest absolute Gasteiger partial charge is 0.191 e. The molecule has 6 nitrogen and oxygen atoms in total. The van der Waals surface area contributed by atoms with Gasteiger partial charge in [-0.05, 0) is 56.4 Å². The van der Waals surface area contributed by atoms with Crippen molar-refractivity contribution >= 4 is 35.6 Å². The zero-order valence-corrected chi connectivity index (χ0v) is 20.2. The molecule has 1 aliphatic rings. The van der Waals surface area contributed by atoms with Crippen LogP contribution in [0, 0.1) is 5.92 Å². The molecule has 1 fully saturated rings. The number of aliphatic imine (C=N–C) groups is 1. The minimum absolute atomic E-state index is 0. The maximum absolute atomic E-state index is 4.80. The summed E-state index contributed by atoms with van der Waals surface area (Å²) in [5.74, 6) is 1.29. The molecule has 160 valence electrons. The van der Waals surface area contributed by atoms with Gasteiger partial charge >= 0.3 is 0 Å². The molecule has 1 aliphatic heterocycles. The number of rotatable bonds is 8. The predicted octanol–water partition coefficient (Wildman–Crippen LogP) is 4.05. The molecule has 1 aromatic carbocycles. The first-order valence-electron chi connectivity index (χ1n) is 10.5. The van der Waals surface area contributed by atoms with Gasteiger partial charge in [0.15, 0.2) is 5.96 Å². The van der Waals surface area contributed by atoms with Gasteiger partial charge in [0.1, 0.15) is 0 Å². The predicted molar refractivity (Wildman–Crippen MR) is 132 cm³/mol. The summed E-state index contributed by atoms with van der Waals surface area (Å²) in [7, 11) is 0. The monoisotopic (exact) mass is 510 g/mol. The third-order valence-electron chi connectivity index (χ3n) is 5.16. The van der Waals surface area contributed by atoms with Gasteiger partial charge in [-0.15, -0.1) is 24.0 Å². The first kappa shape index (κ1) is 23.5. The molecule has 2 N–H and O–H groups in total. The van der Waals surface area contributed by atoms with Gasteiger partial charge in [0.25, 0.3) is 0 Å². The molecule has 0 saturated carbocycles. The average Bonchev–Trinajstić information content (AvgIpc) is 3.40. The van der Waals surface area contributed by atoms with E-state index in [1.807, 2.05) is 23.1 Å². The molecule has 0 aliphatic carbocycles.